The molecule has 1 N–H and O–H groups in total. The predicted octanol–water partition coefficient (Wildman–Crippen LogP) is 5.15. The number of nitrogens with one attached hydrogen (secondary N) is 1. The van der Waals surface area contributed by atoms with Crippen molar-refractivity contribution in [2.75, 3.05) is 12.4 Å². The average Bonchev–Trinajstić information content (AvgIpc) is 3.06. The Labute approximate surface area is 163 Å². The lowest BCUT2D eigenvalue weighted by Crippen LogP contribution is -2.16. The number of hydrogen-bond acceptors (Lipinski definition) is 4. The van der Waals surface area contributed by atoms with Gasteiger partial charge in [-0.2, -0.15) is 0 Å². The van der Waals surface area contributed by atoms with Crippen molar-refractivity contribution in [2.45, 2.75) is 6.42 Å². The number of amides is 1. The van der Waals surface area contributed by atoms with Crippen molar-refractivity contribution < 1.29 is 14.3 Å². The van der Waals surface area contributed by atoms with Crippen LogP contribution in [0, 0.1) is 0 Å². The standard InChI is InChI=1S/C20H16BrNO3S/c1-25-20(24)18-16(14-7-9-15(21)10-8-14)12-26-19(18)22-17(23)11-13-5-3-2-4-6-13/h2-10,12H,11H2,1H3,(H,22,23). The fourth-order valence-corrected chi connectivity index (χ4v) is 3.79. The van der Waals surface area contributed by atoms with E-state index < -0.39 is 5.97 Å². The van der Waals surface area contributed by atoms with Crippen LogP contribution in [0.25, 0.3) is 11.1 Å². The van der Waals surface area contributed by atoms with E-state index in [4.69, 9.17) is 4.74 Å². The molecule has 0 aliphatic rings. The van der Waals surface area contributed by atoms with Crippen LogP contribution in [0.4, 0.5) is 5.00 Å². The van der Waals surface area contributed by atoms with Crippen LogP contribution < -0.4 is 5.32 Å². The molecule has 0 unspecified atom stereocenters. The highest BCUT2D eigenvalue weighted by molar-refractivity contribution is 9.10. The molecule has 0 aliphatic heterocycles. The molecule has 0 saturated carbocycles. The third-order valence-corrected chi connectivity index (χ3v) is 5.22. The summed E-state index contributed by atoms with van der Waals surface area (Å²) in [6, 6.07) is 17.1. The van der Waals surface area contributed by atoms with Crippen molar-refractivity contribution in [1.29, 1.82) is 0 Å². The molecular weight excluding hydrogens is 414 g/mol. The topological polar surface area (TPSA) is 55.4 Å². The minimum atomic E-state index is -0.473. The van der Waals surface area contributed by atoms with E-state index in [2.05, 4.69) is 21.2 Å². The first-order valence-electron chi connectivity index (χ1n) is 7.88. The Bertz CT molecular complexity index is 920. The van der Waals surface area contributed by atoms with E-state index in [-0.39, 0.29) is 12.3 Å². The van der Waals surface area contributed by atoms with Gasteiger partial charge in [0.05, 0.1) is 13.5 Å². The number of esters is 1. The van der Waals surface area contributed by atoms with Gasteiger partial charge in [0.1, 0.15) is 10.6 Å². The number of methoxy groups -OCH3 is 1. The van der Waals surface area contributed by atoms with Crippen LogP contribution in [0.5, 0.6) is 0 Å². The van der Waals surface area contributed by atoms with Crippen LogP contribution in [-0.2, 0) is 16.0 Å². The highest BCUT2D eigenvalue weighted by Gasteiger charge is 2.22. The number of hydrogen-bond donors (Lipinski definition) is 1. The first-order valence-corrected chi connectivity index (χ1v) is 9.55. The molecule has 3 rings (SSSR count). The van der Waals surface area contributed by atoms with E-state index in [9.17, 15) is 9.59 Å². The van der Waals surface area contributed by atoms with Gasteiger partial charge in [0.15, 0.2) is 0 Å². The molecule has 0 radical (unpaired) electrons. The number of halogens is 1. The molecule has 26 heavy (non-hydrogen) atoms. The largest absolute Gasteiger partial charge is 0.465 e. The molecule has 0 aliphatic carbocycles. The molecule has 2 aromatic carbocycles. The molecule has 132 valence electrons. The lowest BCUT2D eigenvalue weighted by molar-refractivity contribution is -0.115. The van der Waals surface area contributed by atoms with Crippen LogP contribution >= 0.6 is 27.3 Å². The number of carbonyl (C=O) groups excluding carboxylic acids is 2. The molecule has 1 heterocycles. The third-order valence-electron chi connectivity index (χ3n) is 3.80. The van der Waals surface area contributed by atoms with Gasteiger partial charge in [-0.3, -0.25) is 4.79 Å². The van der Waals surface area contributed by atoms with E-state index in [1.165, 1.54) is 18.4 Å². The van der Waals surface area contributed by atoms with Crippen LogP contribution in [0.3, 0.4) is 0 Å². The minimum Gasteiger partial charge on any atom is -0.465 e. The lowest BCUT2D eigenvalue weighted by Gasteiger charge is -2.08. The van der Waals surface area contributed by atoms with E-state index >= 15 is 0 Å². The van der Waals surface area contributed by atoms with E-state index in [1.54, 1.807) is 0 Å². The van der Waals surface area contributed by atoms with Crippen LogP contribution in [-0.4, -0.2) is 19.0 Å². The first-order chi connectivity index (χ1) is 12.6. The number of ether oxygens (including phenoxy) is 1. The Morgan fingerprint density at radius 2 is 1.77 bits per heavy atom. The van der Waals surface area contributed by atoms with Gasteiger partial charge in [0.2, 0.25) is 5.91 Å². The Hall–Kier alpha value is -2.44. The summed E-state index contributed by atoms with van der Waals surface area (Å²) in [6.07, 6.45) is 0.243. The fraction of sp³-hybridized carbons (Fsp3) is 0.100. The monoisotopic (exact) mass is 429 g/mol. The summed E-state index contributed by atoms with van der Waals surface area (Å²) >= 11 is 4.72. The summed E-state index contributed by atoms with van der Waals surface area (Å²) in [6.45, 7) is 0. The quantitative estimate of drug-likeness (QED) is 0.570. The second kappa shape index (κ2) is 8.29. The zero-order valence-corrected chi connectivity index (χ0v) is 16.4. The summed E-state index contributed by atoms with van der Waals surface area (Å²) < 4.78 is 5.88. The number of thiophene rings is 1. The molecule has 6 heteroatoms. The van der Waals surface area contributed by atoms with E-state index in [0.29, 0.717) is 10.6 Å². The Morgan fingerprint density at radius 1 is 1.08 bits per heavy atom. The molecule has 0 saturated heterocycles. The summed E-state index contributed by atoms with van der Waals surface area (Å²) in [5.41, 5.74) is 2.91. The number of benzene rings is 2. The smallest absolute Gasteiger partial charge is 0.341 e. The van der Waals surface area contributed by atoms with Gasteiger partial charge in [-0.1, -0.05) is 58.4 Å². The molecular formula is C20H16BrNO3S. The zero-order valence-electron chi connectivity index (χ0n) is 14.0. The van der Waals surface area contributed by atoms with Crippen molar-refractivity contribution in [3.05, 3.63) is 75.6 Å². The summed E-state index contributed by atoms with van der Waals surface area (Å²) in [5.74, 6) is -0.648. The number of carbonyl (C=O) groups is 2. The molecule has 1 aromatic heterocycles. The van der Waals surface area contributed by atoms with Gasteiger partial charge < -0.3 is 10.1 Å². The highest BCUT2D eigenvalue weighted by atomic mass is 79.9. The summed E-state index contributed by atoms with van der Waals surface area (Å²) in [5, 5.41) is 5.20. The van der Waals surface area contributed by atoms with Crippen molar-refractivity contribution >= 4 is 44.1 Å². The Balaban J connectivity index is 1.88. The Morgan fingerprint density at radius 3 is 2.42 bits per heavy atom. The molecule has 0 fully saturated rings. The van der Waals surface area contributed by atoms with Crippen LogP contribution in [0.15, 0.2) is 64.5 Å². The van der Waals surface area contributed by atoms with Crippen molar-refractivity contribution in [1.82, 2.24) is 0 Å². The second-order valence-electron chi connectivity index (χ2n) is 5.56. The van der Waals surface area contributed by atoms with Gasteiger partial charge >= 0.3 is 5.97 Å². The van der Waals surface area contributed by atoms with Crippen molar-refractivity contribution in [3.63, 3.8) is 0 Å². The van der Waals surface area contributed by atoms with Gasteiger partial charge in [-0.25, -0.2) is 4.79 Å². The van der Waals surface area contributed by atoms with Crippen LogP contribution in [0.1, 0.15) is 15.9 Å². The maximum absolute atomic E-state index is 12.4. The van der Waals surface area contributed by atoms with E-state index in [0.717, 1.165) is 21.2 Å². The van der Waals surface area contributed by atoms with Crippen LogP contribution in [0.2, 0.25) is 0 Å². The van der Waals surface area contributed by atoms with Gasteiger partial charge in [0.25, 0.3) is 0 Å². The SMILES string of the molecule is COC(=O)c1c(-c2ccc(Br)cc2)csc1NC(=O)Cc1ccccc1. The average molecular weight is 430 g/mol. The molecule has 0 bridgehead atoms. The van der Waals surface area contributed by atoms with Gasteiger partial charge in [0, 0.05) is 15.4 Å². The zero-order chi connectivity index (χ0) is 18.5. The Kier molecular flexibility index (Phi) is 5.85. The number of anilines is 1. The summed E-state index contributed by atoms with van der Waals surface area (Å²) in [4.78, 5) is 24.7. The third kappa shape index (κ3) is 4.20. The van der Waals surface area contributed by atoms with Crippen molar-refractivity contribution in [3.8, 4) is 11.1 Å². The molecule has 0 spiro atoms. The lowest BCUT2D eigenvalue weighted by atomic mass is 10.0. The minimum absolute atomic E-state index is 0.175. The van der Waals surface area contributed by atoms with Crippen molar-refractivity contribution in [2.24, 2.45) is 0 Å². The second-order valence-corrected chi connectivity index (χ2v) is 7.36. The molecule has 0 atom stereocenters. The number of rotatable bonds is 5. The normalized spacial score (nSPS) is 10.4. The van der Waals surface area contributed by atoms with Gasteiger partial charge in [-0.05, 0) is 23.3 Å². The fourth-order valence-electron chi connectivity index (χ4n) is 2.55. The maximum atomic E-state index is 12.4. The van der Waals surface area contributed by atoms with E-state index in [1.807, 2.05) is 60.0 Å². The summed E-state index contributed by atoms with van der Waals surface area (Å²) in [7, 11) is 1.33. The molecule has 4 nitrogen and oxygen atoms in total. The molecule has 1 amide bonds. The predicted molar refractivity (Wildman–Crippen MR) is 108 cm³/mol. The molecule has 3 aromatic rings. The maximum Gasteiger partial charge on any atom is 0.341 e. The first kappa shape index (κ1) is 18.4. The highest BCUT2D eigenvalue weighted by Crippen LogP contribution is 2.36. The van der Waals surface area contributed by atoms with Gasteiger partial charge in [-0.15, -0.1) is 11.3 Å².